The van der Waals surface area contributed by atoms with Gasteiger partial charge in [-0.1, -0.05) is 30.1 Å². The molecule has 0 saturated carbocycles. The molecule has 0 aliphatic carbocycles. The quantitative estimate of drug-likeness (QED) is 0.213. The Morgan fingerprint density at radius 3 is 2.58 bits per heavy atom. The number of hydrogen-bond donors (Lipinski definition) is 0. The molecule has 3 heterocycles. The summed E-state index contributed by atoms with van der Waals surface area (Å²) in [6.07, 6.45) is 2.68. The van der Waals surface area contributed by atoms with Crippen LogP contribution in [0, 0.1) is 0 Å². The number of ether oxygens (including phenoxy) is 2. The molecule has 1 aliphatic rings. The van der Waals surface area contributed by atoms with Crippen LogP contribution in [0.2, 0.25) is 0 Å². The van der Waals surface area contributed by atoms with Crippen LogP contribution < -0.4 is 5.56 Å². The standard InChI is InChI=1S/C28H35N3O4S/c1-17(2)31(36-6)12-11-19-20-9-7-8-10-24(20)29-27-22(19)14-30-25(27)13-21(23(16-34-5)28(30)33)26(15-32)35-18(3)4/h7-10,13,15,17-18,26H,11-12,14,16H2,1-6H3. The lowest BCUT2D eigenvalue weighted by Gasteiger charge is -2.24. The highest BCUT2D eigenvalue weighted by Gasteiger charge is 2.30. The van der Waals surface area contributed by atoms with E-state index in [1.54, 1.807) is 23.6 Å². The summed E-state index contributed by atoms with van der Waals surface area (Å²) >= 11 is 1.75. The van der Waals surface area contributed by atoms with Crippen molar-refractivity contribution in [2.24, 2.45) is 0 Å². The molecule has 0 saturated heterocycles. The summed E-state index contributed by atoms with van der Waals surface area (Å²) in [5.74, 6) is 0. The smallest absolute Gasteiger partial charge is 0.257 e. The molecule has 36 heavy (non-hydrogen) atoms. The highest BCUT2D eigenvalue weighted by atomic mass is 32.2. The number of carbonyl (C=O) groups excluding carboxylic acids is 1. The van der Waals surface area contributed by atoms with Gasteiger partial charge in [-0.3, -0.25) is 4.79 Å². The van der Waals surface area contributed by atoms with E-state index >= 15 is 0 Å². The number of para-hydroxylation sites is 1. The van der Waals surface area contributed by atoms with Crippen LogP contribution in [0.1, 0.15) is 56.1 Å². The molecular formula is C28H35N3O4S. The number of fused-ring (bicyclic) bond motifs is 4. The summed E-state index contributed by atoms with van der Waals surface area (Å²) in [5.41, 5.74) is 5.56. The molecular weight excluding hydrogens is 474 g/mol. The van der Waals surface area contributed by atoms with E-state index in [4.69, 9.17) is 14.5 Å². The fourth-order valence-corrected chi connectivity index (χ4v) is 5.70. The molecule has 0 fully saturated rings. The van der Waals surface area contributed by atoms with Crippen molar-refractivity contribution in [3.05, 3.63) is 62.9 Å². The van der Waals surface area contributed by atoms with Crippen molar-refractivity contribution in [1.82, 2.24) is 13.9 Å². The summed E-state index contributed by atoms with van der Waals surface area (Å²) in [7, 11) is 1.55. The Hall–Kier alpha value is -2.52. The number of nitrogens with zero attached hydrogens (tertiary/aromatic N) is 3. The second-order valence-corrected chi connectivity index (χ2v) is 10.5. The van der Waals surface area contributed by atoms with Gasteiger partial charge >= 0.3 is 0 Å². The summed E-state index contributed by atoms with van der Waals surface area (Å²) < 4.78 is 15.4. The van der Waals surface area contributed by atoms with Gasteiger partial charge in [0.1, 0.15) is 6.10 Å². The highest BCUT2D eigenvalue weighted by Crippen LogP contribution is 2.37. The van der Waals surface area contributed by atoms with Crippen LogP contribution >= 0.6 is 11.9 Å². The fraction of sp³-hybridized carbons (Fsp3) is 0.464. The van der Waals surface area contributed by atoms with Crippen molar-refractivity contribution >= 4 is 29.1 Å². The van der Waals surface area contributed by atoms with Crippen LogP contribution in [0.15, 0.2) is 35.1 Å². The number of benzene rings is 1. The zero-order valence-electron chi connectivity index (χ0n) is 21.9. The van der Waals surface area contributed by atoms with Crippen molar-refractivity contribution in [3.8, 4) is 11.4 Å². The van der Waals surface area contributed by atoms with E-state index in [1.165, 1.54) is 5.56 Å². The van der Waals surface area contributed by atoms with E-state index in [0.29, 0.717) is 23.7 Å². The third-order valence-electron chi connectivity index (χ3n) is 6.64. The molecule has 0 N–H and O–H groups in total. The van der Waals surface area contributed by atoms with E-state index in [1.807, 2.05) is 38.1 Å². The highest BCUT2D eigenvalue weighted by molar-refractivity contribution is 7.96. The third-order valence-corrected chi connectivity index (χ3v) is 7.71. The fourth-order valence-electron chi connectivity index (χ4n) is 5.00. The molecule has 1 unspecified atom stereocenters. The van der Waals surface area contributed by atoms with Crippen LogP contribution in [0.3, 0.4) is 0 Å². The predicted octanol–water partition coefficient (Wildman–Crippen LogP) is 4.77. The van der Waals surface area contributed by atoms with Gasteiger partial charge in [-0.25, -0.2) is 9.29 Å². The van der Waals surface area contributed by atoms with Crippen LogP contribution in [-0.4, -0.2) is 52.2 Å². The average molecular weight is 510 g/mol. The van der Waals surface area contributed by atoms with Gasteiger partial charge in [-0.15, -0.1) is 0 Å². The van der Waals surface area contributed by atoms with Crippen molar-refractivity contribution in [2.75, 3.05) is 19.9 Å². The number of methoxy groups -OCH3 is 1. The van der Waals surface area contributed by atoms with Crippen LogP contribution in [0.5, 0.6) is 0 Å². The van der Waals surface area contributed by atoms with E-state index in [2.05, 4.69) is 30.5 Å². The lowest BCUT2D eigenvalue weighted by Crippen LogP contribution is -2.28. The van der Waals surface area contributed by atoms with E-state index < -0.39 is 6.10 Å². The van der Waals surface area contributed by atoms with Crippen LogP contribution in [0.25, 0.3) is 22.3 Å². The minimum atomic E-state index is -0.848. The summed E-state index contributed by atoms with van der Waals surface area (Å²) in [6.45, 7) is 9.58. The molecule has 7 nitrogen and oxygen atoms in total. The molecule has 1 atom stereocenters. The van der Waals surface area contributed by atoms with Gasteiger partial charge in [0.2, 0.25) is 0 Å². The lowest BCUT2D eigenvalue weighted by molar-refractivity contribution is -0.121. The Balaban J connectivity index is 1.90. The maximum absolute atomic E-state index is 13.7. The second-order valence-electron chi connectivity index (χ2n) is 9.63. The molecule has 192 valence electrons. The first-order chi connectivity index (χ1) is 17.3. The minimum absolute atomic E-state index is 0.107. The maximum Gasteiger partial charge on any atom is 0.257 e. The lowest BCUT2D eigenvalue weighted by atomic mass is 9.97. The molecule has 8 heteroatoms. The van der Waals surface area contributed by atoms with E-state index in [9.17, 15) is 9.59 Å². The Kier molecular flexibility index (Phi) is 8.30. The number of hydrogen-bond acceptors (Lipinski definition) is 7. The maximum atomic E-state index is 13.7. The monoisotopic (exact) mass is 509 g/mol. The Morgan fingerprint density at radius 1 is 1.19 bits per heavy atom. The molecule has 0 bridgehead atoms. The van der Waals surface area contributed by atoms with Crippen molar-refractivity contribution < 1.29 is 14.3 Å². The van der Waals surface area contributed by atoms with E-state index in [-0.39, 0.29) is 18.3 Å². The van der Waals surface area contributed by atoms with Crippen molar-refractivity contribution in [1.29, 1.82) is 0 Å². The largest absolute Gasteiger partial charge is 0.380 e. The van der Waals surface area contributed by atoms with Gasteiger partial charge in [0.15, 0.2) is 6.29 Å². The second kappa shape index (κ2) is 11.3. The van der Waals surface area contributed by atoms with Gasteiger partial charge < -0.3 is 18.8 Å². The number of pyridine rings is 2. The molecule has 3 aromatic rings. The van der Waals surface area contributed by atoms with Gasteiger partial charge in [0.05, 0.1) is 36.2 Å². The predicted molar refractivity (Wildman–Crippen MR) is 145 cm³/mol. The van der Waals surface area contributed by atoms with Gasteiger partial charge in [-0.2, -0.15) is 0 Å². The Bertz CT molecular complexity index is 1320. The summed E-state index contributed by atoms with van der Waals surface area (Å²) in [6, 6.07) is 10.5. The normalized spacial score (nSPS) is 13.6. The molecule has 2 aromatic heterocycles. The van der Waals surface area contributed by atoms with Crippen LogP contribution in [0.4, 0.5) is 0 Å². The number of carbonyl (C=O) groups is 1. The minimum Gasteiger partial charge on any atom is -0.380 e. The summed E-state index contributed by atoms with van der Waals surface area (Å²) in [4.78, 5) is 30.7. The first-order valence-electron chi connectivity index (χ1n) is 12.4. The Morgan fingerprint density at radius 2 is 1.94 bits per heavy atom. The number of rotatable bonds is 11. The van der Waals surface area contributed by atoms with Gasteiger partial charge in [0.25, 0.3) is 5.56 Å². The summed E-state index contributed by atoms with van der Waals surface area (Å²) in [5, 5.41) is 1.12. The molecule has 0 spiro atoms. The zero-order valence-corrected chi connectivity index (χ0v) is 22.7. The molecule has 0 amide bonds. The number of aldehydes is 1. The zero-order chi connectivity index (χ0) is 26.0. The van der Waals surface area contributed by atoms with Crippen LogP contribution in [-0.2, 0) is 33.8 Å². The van der Waals surface area contributed by atoms with Gasteiger partial charge in [0, 0.05) is 41.8 Å². The molecule has 1 aliphatic heterocycles. The first-order valence-corrected chi connectivity index (χ1v) is 13.6. The van der Waals surface area contributed by atoms with Crippen molar-refractivity contribution in [2.45, 2.75) is 65.5 Å². The number of aromatic nitrogens is 2. The topological polar surface area (TPSA) is 73.7 Å². The van der Waals surface area contributed by atoms with Crippen molar-refractivity contribution in [3.63, 3.8) is 0 Å². The molecule has 4 rings (SSSR count). The SMILES string of the molecule is COCc1c(C(C=O)OC(C)C)cc2n(c1=O)Cc1c-2nc2ccccc2c1CCN(SC)C(C)C. The van der Waals surface area contributed by atoms with Gasteiger partial charge in [-0.05, 0) is 58.1 Å². The van der Waals surface area contributed by atoms with E-state index in [0.717, 1.165) is 47.1 Å². The average Bonchev–Trinajstić information content (AvgIpc) is 3.22. The molecule has 1 aromatic carbocycles. The Labute approximate surface area is 216 Å². The third kappa shape index (κ3) is 5.00. The first kappa shape index (κ1) is 26.5. The molecule has 0 radical (unpaired) electrons.